The zero-order valence-electron chi connectivity index (χ0n) is 12.7. The van der Waals surface area contributed by atoms with Crippen LogP contribution in [-0.2, 0) is 0 Å². The molecule has 0 saturated heterocycles. The van der Waals surface area contributed by atoms with Gasteiger partial charge in [-0.15, -0.1) is 0 Å². The van der Waals surface area contributed by atoms with Gasteiger partial charge in [0, 0.05) is 11.6 Å². The van der Waals surface area contributed by atoms with E-state index in [9.17, 15) is 0 Å². The molecule has 4 heteroatoms. The summed E-state index contributed by atoms with van der Waals surface area (Å²) in [5.41, 5.74) is 7.52. The van der Waals surface area contributed by atoms with Crippen molar-refractivity contribution in [3.63, 3.8) is 0 Å². The number of nitrogens with one attached hydrogen (secondary N) is 1. The Kier molecular flexibility index (Phi) is 3.45. The molecule has 4 nitrogen and oxygen atoms in total. The van der Waals surface area contributed by atoms with Crippen LogP contribution < -0.4 is 11.1 Å². The van der Waals surface area contributed by atoms with Gasteiger partial charge >= 0.3 is 0 Å². The largest absolute Gasteiger partial charge is 0.383 e. The van der Waals surface area contributed by atoms with Crippen LogP contribution in [0.5, 0.6) is 0 Å². The quantitative estimate of drug-likeness (QED) is 0.857. The molecule has 0 unspecified atom stereocenters. The van der Waals surface area contributed by atoms with Crippen LogP contribution in [0.4, 0.5) is 11.6 Å². The Morgan fingerprint density at radius 3 is 2.32 bits per heavy atom. The third-order valence-corrected chi connectivity index (χ3v) is 4.02. The molecule has 0 radical (unpaired) electrons. The van der Waals surface area contributed by atoms with Crippen molar-refractivity contribution in [3.05, 3.63) is 11.9 Å². The van der Waals surface area contributed by atoms with Crippen molar-refractivity contribution in [3.8, 4) is 0 Å². The molecule has 1 heterocycles. The molecule has 1 aromatic rings. The van der Waals surface area contributed by atoms with E-state index in [2.05, 4.69) is 43.0 Å². The first-order chi connectivity index (χ1) is 8.69. The van der Waals surface area contributed by atoms with Gasteiger partial charge in [0.1, 0.15) is 18.0 Å². The Balaban J connectivity index is 2.16. The first kappa shape index (κ1) is 14.1. The van der Waals surface area contributed by atoms with Crippen LogP contribution in [0.3, 0.4) is 0 Å². The lowest BCUT2D eigenvalue weighted by molar-refractivity contribution is 0.105. The van der Waals surface area contributed by atoms with E-state index in [0.29, 0.717) is 22.7 Å². The monoisotopic (exact) mass is 262 g/mol. The average molecular weight is 262 g/mol. The molecule has 1 aromatic heterocycles. The Morgan fingerprint density at radius 1 is 1.16 bits per heavy atom. The number of nitrogen functional groups attached to an aromatic ring is 1. The third-order valence-electron chi connectivity index (χ3n) is 4.02. The van der Waals surface area contributed by atoms with E-state index in [1.54, 1.807) is 0 Å². The Bertz CT molecular complexity index is 449. The molecule has 3 N–H and O–H groups in total. The molecule has 0 amide bonds. The molecule has 0 bridgehead atoms. The molecule has 2 rings (SSSR count). The molecule has 0 atom stereocenters. The van der Waals surface area contributed by atoms with Crippen molar-refractivity contribution in [2.75, 3.05) is 11.1 Å². The number of nitrogens with zero attached hydrogens (tertiary/aromatic N) is 2. The summed E-state index contributed by atoms with van der Waals surface area (Å²) in [4.78, 5) is 8.34. The lowest BCUT2D eigenvalue weighted by atomic mass is 9.63. The minimum absolute atomic E-state index is 0.367. The molecule has 0 spiro atoms. The number of rotatable bonds is 2. The molecule has 1 aliphatic carbocycles. The predicted molar refractivity (Wildman–Crippen MR) is 80.0 cm³/mol. The van der Waals surface area contributed by atoms with Crippen molar-refractivity contribution in [1.82, 2.24) is 9.97 Å². The van der Waals surface area contributed by atoms with Gasteiger partial charge in [-0.25, -0.2) is 9.97 Å². The highest BCUT2D eigenvalue weighted by molar-refractivity contribution is 5.54. The van der Waals surface area contributed by atoms with E-state index in [-0.39, 0.29) is 0 Å². The summed E-state index contributed by atoms with van der Waals surface area (Å²) < 4.78 is 0. The van der Waals surface area contributed by atoms with Gasteiger partial charge in [-0.1, -0.05) is 27.7 Å². The molecule has 0 aromatic carbocycles. The van der Waals surface area contributed by atoms with Crippen molar-refractivity contribution in [1.29, 1.82) is 0 Å². The maximum absolute atomic E-state index is 5.84. The normalized spacial score (nSPS) is 22.2. The second kappa shape index (κ2) is 4.66. The highest BCUT2D eigenvalue weighted by Gasteiger charge is 2.38. The zero-order chi connectivity index (χ0) is 14.3. The summed E-state index contributed by atoms with van der Waals surface area (Å²) in [6.45, 7) is 11.4. The van der Waals surface area contributed by atoms with Gasteiger partial charge in [0.2, 0.25) is 0 Å². The van der Waals surface area contributed by atoms with Gasteiger partial charge in [-0.2, -0.15) is 0 Å². The zero-order valence-corrected chi connectivity index (χ0v) is 12.7. The Labute approximate surface area is 116 Å². The molecule has 1 saturated carbocycles. The van der Waals surface area contributed by atoms with Crippen LogP contribution in [0.1, 0.15) is 52.5 Å². The fourth-order valence-corrected chi connectivity index (χ4v) is 3.75. The minimum Gasteiger partial charge on any atom is -0.383 e. The first-order valence-electron chi connectivity index (χ1n) is 7.02. The first-order valence-corrected chi connectivity index (χ1v) is 7.02. The Morgan fingerprint density at radius 2 is 1.74 bits per heavy atom. The van der Waals surface area contributed by atoms with E-state index < -0.39 is 0 Å². The fourth-order valence-electron chi connectivity index (χ4n) is 3.75. The highest BCUT2D eigenvalue weighted by atomic mass is 15.1. The van der Waals surface area contributed by atoms with Gasteiger partial charge < -0.3 is 11.1 Å². The number of nitrogens with two attached hydrogens (primary N) is 1. The van der Waals surface area contributed by atoms with E-state index in [4.69, 9.17) is 5.73 Å². The second-order valence-corrected chi connectivity index (χ2v) is 7.49. The van der Waals surface area contributed by atoms with Crippen molar-refractivity contribution in [2.24, 2.45) is 10.8 Å². The van der Waals surface area contributed by atoms with E-state index in [1.165, 1.54) is 25.6 Å². The van der Waals surface area contributed by atoms with Crippen LogP contribution in [0.25, 0.3) is 0 Å². The fraction of sp³-hybridized carbons (Fsp3) is 0.733. The van der Waals surface area contributed by atoms with E-state index in [1.807, 2.05) is 6.92 Å². The van der Waals surface area contributed by atoms with Crippen molar-refractivity contribution < 1.29 is 0 Å². The van der Waals surface area contributed by atoms with Crippen LogP contribution in [0, 0.1) is 17.8 Å². The van der Waals surface area contributed by atoms with E-state index >= 15 is 0 Å². The van der Waals surface area contributed by atoms with E-state index in [0.717, 1.165) is 11.4 Å². The van der Waals surface area contributed by atoms with Gasteiger partial charge in [0.05, 0.1) is 0 Å². The van der Waals surface area contributed by atoms with Crippen LogP contribution in [0.2, 0.25) is 0 Å². The molecule has 19 heavy (non-hydrogen) atoms. The van der Waals surface area contributed by atoms with Gasteiger partial charge in [-0.3, -0.25) is 0 Å². The molecule has 1 fully saturated rings. The molecule has 1 aliphatic rings. The summed E-state index contributed by atoms with van der Waals surface area (Å²) in [6, 6.07) is 0.451. The maximum atomic E-state index is 5.84. The number of hydrogen-bond acceptors (Lipinski definition) is 4. The van der Waals surface area contributed by atoms with Gasteiger partial charge in [0.25, 0.3) is 0 Å². The summed E-state index contributed by atoms with van der Waals surface area (Å²) in [5.74, 6) is 1.44. The highest BCUT2D eigenvalue weighted by Crippen LogP contribution is 2.46. The summed E-state index contributed by atoms with van der Waals surface area (Å²) in [5, 5.41) is 3.57. The van der Waals surface area contributed by atoms with Crippen LogP contribution >= 0.6 is 0 Å². The van der Waals surface area contributed by atoms with Gasteiger partial charge in [0.15, 0.2) is 0 Å². The van der Waals surface area contributed by atoms with Gasteiger partial charge in [-0.05, 0) is 37.0 Å². The van der Waals surface area contributed by atoms with Crippen molar-refractivity contribution in [2.45, 2.75) is 59.9 Å². The third kappa shape index (κ3) is 3.37. The standard InChI is InChI=1S/C15H26N4/c1-10-12(16)17-9-18-13(10)19-11-6-14(2,3)8-15(4,5)7-11/h9,11H,6-8H2,1-5H3,(H3,16,17,18,19). The topological polar surface area (TPSA) is 63.8 Å². The lowest BCUT2D eigenvalue weighted by Crippen LogP contribution is -2.40. The summed E-state index contributed by atoms with van der Waals surface area (Å²) in [7, 11) is 0. The molecule has 106 valence electrons. The second-order valence-electron chi connectivity index (χ2n) is 7.49. The number of hydrogen-bond donors (Lipinski definition) is 2. The van der Waals surface area contributed by atoms with Crippen molar-refractivity contribution >= 4 is 11.6 Å². The lowest BCUT2D eigenvalue weighted by Gasteiger charge is -2.45. The molecular weight excluding hydrogens is 236 g/mol. The maximum Gasteiger partial charge on any atom is 0.134 e. The molecule has 0 aliphatic heterocycles. The minimum atomic E-state index is 0.367. The predicted octanol–water partition coefficient (Wildman–Crippen LogP) is 3.38. The average Bonchev–Trinajstić information content (AvgIpc) is 2.20. The van der Waals surface area contributed by atoms with Crippen LogP contribution in [0.15, 0.2) is 6.33 Å². The number of aromatic nitrogens is 2. The van der Waals surface area contributed by atoms with Crippen LogP contribution in [-0.4, -0.2) is 16.0 Å². The summed E-state index contributed by atoms with van der Waals surface area (Å²) in [6.07, 6.45) is 5.13. The molecular formula is C15H26N4. The number of anilines is 2. The Hall–Kier alpha value is -1.32. The summed E-state index contributed by atoms with van der Waals surface area (Å²) >= 11 is 0. The SMILES string of the molecule is Cc1c(N)ncnc1NC1CC(C)(C)CC(C)(C)C1. The smallest absolute Gasteiger partial charge is 0.134 e.